The summed E-state index contributed by atoms with van der Waals surface area (Å²) in [5.41, 5.74) is 1.38. The Bertz CT molecular complexity index is 214. The molecule has 11 heavy (non-hydrogen) atoms. The van der Waals surface area contributed by atoms with E-state index >= 15 is 0 Å². The summed E-state index contributed by atoms with van der Waals surface area (Å²) in [6.45, 7) is 1.28. The normalized spacial score (nSPS) is 23.8. The van der Waals surface area contributed by atoms with Gasteiger partial charge in [-0.2, -0.15) is 0 Å². The average molecular weight is 149 g/mol. The molecule has 58 valence electrons. The lowest BCUT2D eigenvalue weighted by atomic mass is 10.1. The summed E-state index contributed by atoms with van der Waals surface area (Å²) >= 11 is 0. The summed E-state index contributed by atoms with van der Waals surface area (Å²) in [7, 11) is 0. The van der Waals surface area contributed by atoms with E-state index in [1.54, 1.807) is 0 Å². The van der Waals surface area contributed by atoms with Crippen LogP contribution in [-0.4, -0.2) is 11.5 Å². The van der Waals surface area contributed by atoms with Gasteiger partial charge >= 0.3 is 0 Å². The largest absolute Gasteiger partial charge is 0.340 e. The molecule has 0 saturated carbocycles. The molecule has 0 aliphatic carbocycles. The molecule has 1 atom stereocenters. The fraction of sp³-hybridized carbons (Fsp3) is 0.444. The smallest absolute Gasteiger partial charge is 0.113 e. The van der Waals surface area contributed by atoms with Crippen LogP contribution in [0, 0.1) is 0 Å². The van der Waals surface area contributed by atoms with Gasteiger partial charge < -0.3 is 5.32 Å². The lowest BCUT2D eigenvalue weighted by Gasteiger charge is -2.04. The zero-order valence-corrected chi connectivity index (χ0v) is 6.53. The molecule has 2 heterocycles. The van der Waals surface area contributed by atoms with E-state index in [-0.39, 0.29) is 0 Å². The highest BCUT2D eigenvalue weighted by Crippen LogP contribution is 2.15. The molecule has 0 spiro atoms. The van der Waals surface area contributed by atoms with Crippen molar-refractivity contribution in [2.75, 3.05) is 6.54 Å². The van der Waals surface area contributed by atoms with Crippen LogP contribution in [0.1, 0.15) is 24.4 Å². The van der Waals surface area contributed by atoms with Gasteiger partial charge in [0.2, 0.25) is 0 Å². The van der Waals surface area contributed by atoms with Crippen molar-refractivity contribution in [3.63, 3.8) is 0 Å². The predicted octanol–water partition coefficient (Wildman–Crippen LogP) is 0.480. The number of hydrogen-bond acceptors (Lipinski definition) is 1. The molecular weight excluding hydrogens is 136 g/mol. The average Bonchev–Trinajstić information content (AvgIpc) is 2.58. The Labute approximate surface area is 66.7 Å². The Kier molecular flexibility index (Phi) is 1.86. The molecule has 0 radical (unpaired) electrons. The fourth-order valence-corrected chi connectivity index (χ4v) is 1.67. The molecule has 1 aromatic heterocycles. The van der Waals surface area contributed by atoms with E-state index in [0.29, 0.717) is 6.04 Å². The minimum Gasteiger partial charge on any atom is -0.340 e. The van der Waals surface area contributed by atoms with E-state index in [1.807, 2.05) is 18.5 Å². The second-order valence-electron chi connectivity index (χ2n) is 3.06. The SMILES string of the molecule is c1cncc([C@H]2CCC[NH2+]2)c1. The van der Waals surface area contributed by atoms with Crippen molar-refractivity contribution >= 4 is 0 Å². The van der Waals surface area contributed by atoms with E-state index in [0.717, 1.165) is 0 Å². The van der Waals surface area contributed by atoms with E-state index in [1.165, 1.54) is 24.9 Å². The third-order valence-corrected chi connectivity index (χ3v) is 2.28. The fourth-order valence-electron chi connectivity index (χ4n) is 1.67. The van der Waals surface area contributed by atoms with Crippen molar-refractivity contribution < 1.29 is 5.32 Å². The van der Waals surface area contributed by atoms with Gasteiger partial charge in [-0.25, -0.2) is 0 Å². The Morgan fingerprint density at radius 1 is 1.55 bits per heavy atom. The number of quaternary nitrogens is 1. The Hall–Kier alpha value is -0.890. The molecular formula is C9H13N2+. The maximum absolute atomic E-state index is 4.11. The third-order valence-electron chi connectivity index (χ3n) is 2.28. The van der Waals surface area contributed by atoms with Crippen molar-refractivity contribution in [1.82, 2.24) is 4.98 Å². The maximum Gasteiger partial charge on any atom is 0.113 e. The molecule has 0 bridgehead atoms. The maximum atomic E-state index is 4.11. The monoisotopic (exact) mass is 149 g/mol. The van der Waals surface area contributed by atoms with Crippen molar-refractivity contribution in [2.24, 2.45) is 0 Å². The molecule has 1 aliphatic heterocycles. The van der Waals surface area contributed by atoms with Crippen molar-refractivity contribution in [3.8, 4) is 0 Å². The number of hydrogen-bond donors (Lipinski definition) is 1. The highest BCUT2D eigenvalue weighted by Gasteiger charge is 2.19. The second-order valence-corrected chi connectivity index (χ2v) is 3.06. The van der Waals surface area contributed by atoms with E-state index in [4.69, 9.17) is 0 Å². The summed E-state index contributed by atoms with van der Waals surface area (Å²) in [4.78, 5) is 4.11. The van der Waals surface area contributed by atoms with Crippen molar-refractivity contribution in [3.05, 3.63) is 30.1 Å². The van der Waals surface area contributed by atoms with Crippen LogP contribution < -0.4 is 5.32 Å². The molecule has 1 saturated heterocycles. The summed E-state index contributed by atoms with van der Waals surface area (Å²) < 4.78 is 0. The van der Waals surface area contributed by atoms with Crippen molar-refractivity contribution in [1.29, 1.82) is 0 Å². The molecule has 2 N–H and O–H groups in total. The van der Waals surface area contributed by atoms with Crippen LogP contribution in [0.25, 0.3) is 0 Å². The first-order valence-electron chi connectivity index (χ1n) is 4.20. The second kappa shape index (κ2) is 3.01. The van der Waals surface area contributed by atoms with Crippen LogP contribution in [0.3, 0.4) is 0 Å². The van der Waals surface area contributed by atoms with Crippen LogP contribution in [0.5, 0.6) is 0 Å². The molecule has 2 heteroatoms. The lowest BCUT2D eigenvalue weighted by molar-refractivity contribution is -0.676. The summed E-state index contributed by atoms with van der Waals surface area (Å²) in [5.74, 6) is 0. The van der Waals surface area contributed by atoms with Gasteiger partial charge in [-0.15, -0.1) is 0 Å². The van der Waals surface area contributed by atoms with Gasteiger partial charge in [0.25, 0.3) is 0 Å². The zero-order valence-electron chi connectivity index (χ0n) is 6.53. The van der Waals surface area contributed by atoms with Crippen LogP contribution in [-0.2, 0) is 0 Å². The Morgan fingerprint density at radius 3 is 3.18 bits per heavy atom. The lowest BCUT2D eigenvalue weighted by Crippen LogP contribution is -2.81. The van der Waals surface area contributed by atoms with Gasteiger partial charge in [0, 0.05) is 30.8 Å². The van der Waals surface area contributed by atoms with Gasteiger partial charge in [0.05, 0.1) is 6.54 Å². The first-order chi connectivity index (χ1) is 5.47. The number of aromatic nitrogens is 1. The Balaban J connectivity index is 2.16. The number of nitrogens with two attached hydrogens (primary N) is 1. The zero-order chi connectivity index (χ0) is 7.52. The van der Waals surface area contributed by atoms with Gasteiger partial charge in [0.1, 0.15) is 6.04 Å². The predicted molar refractivity (Wildman–Crippen MR) is 43.0 cm³/mol. The highest BCUT2D eigenvalue weighted by molar-refractivity contribution is 5.11. The molecule has 0 amide bonds. The van der Waals surface area contributed by atoms with Gasteiger partial charge in [-0.3, -0.25) is 4.98 Å². The number of rotatable bonds is 1. The van der Waals surface area contributed by atoms with E-state index < -0.39 is 0 Å². The third kappa shape index (κ3) is 1.40. The molecule has 1 fully saturated rings. The van der Waals surface area contributed by atoms with Gasteiger partial charge in [-0.05, 0) is 6.07 Å². The standard InChI is InChI=1S/C9H12N2/c1-3-8(7-10-5-1)9-4-2-6-11-9/h1,3,5,7,9,11H,2,4,6H2/p+1/t9-/m1/s1. The number of pyridine rings is 1. The molecule has 1 aromatic rings. The summed E-state index contributed by atoms with van der Waals surface area (Å²) in [5, 5.41) is 2.40. The van der Waals surface area contributed by atoms with Crippen LogP contribution in [0.2, 0.25) is 0 Å². The van der Waals surface area contributed by atoms with Gasteiger partial charge in [-0.1, -0.05) is 6.07 Å². The van der Waals surface area contributed by atoms with Crippen LogP contribution in [0.15, 0.2) is 24.5 Å². The topological polar surface area (TPSA) is 29.5 Å². The van der Waals surface area contributed by atoms with Gasteiger partial charge in [0.15, 0.2) is 0 Å². The minimum absolute atomic E-state index is 0.684. The molecule has 0 aromatic carbocycles. The molecule has 1 aliphatic rings. The van der Waals surface area contributed by atoms with Crippen LogP contribution >= 0.6 is 0 Å². The van der Waals surface area contributed by atoms with Crippen molar-refractivity contribution in [2.45, 2.75) is 18.9 Å². The first-order valence-corrected chi connectivity index (χ1v) is 4.20. The molecule has 2 rings (SSSR count). The van der Waals surface area contributed by atoms with E-state index in [2.05, 4.69) is 16.4 Å². The van der Waals surface area contributed by atoms with E-state index in [9.17, 15) is 0 Å². The summed E-state index contributed by atoms with van der Waals surface area (Å²) in [6, 6.07) is 4.87. The number of nitrogens with zero attached hydrogens (tertiary/aromatic N) is 1. The van der Waals surface area contributed by atoms with Crippen LogP contribution in [0.4, 0.5) is 0 Å². The highest BCUT2D eigenvalue weighted by atomic mass is 14.9. The first kappa shape index (κ1) is 6.80. The summed E-state index contributed by atoms with van der Waals surface area (Å²) in [6.07, 6.45) is 6.47. The quantitative estimate of drug-likeness (QED) is 0.618. The molecule has 2 nitrogen and oxygen atoms in total. The Morgan fingerprint density at radius 2 is 2.55 bits per heavy atom. The minimum atomic E-state index is 0.684. The molecule has 0 unspecified atom stereocenters.